The maximum absolute atomic E-state index is 13.4. The minimum atomic E-state index is -4.44. The molecule has 0 spiro atoms. The number of carbonyl (C=O) groups excluding carboxylic acids is 1. The Morgan fingerprint density at radius 3 is 2.23 bits per heavy atom. The number of likely N-dealkylation sites (N-methyl/N-ethyl adjacent to an activating group) is 1. The van der Waals surface area contributed by atoms with E-state index in [1.807, 2.05) is 6.07 Å². The molecule has 12 heteroatoms. The number of hydrogen-bond donors (Lipinski definition) is 1. The van der Waals surface area contributed by atoms with Crippen molar-refractivity contribution >= 4 is 29.9 Å². The van der Waals surface area contributed by atoms with Gasteiger partial charge in [-0.05, 0) is 86.4 Å². The molecule has 2 aromatic rings. The number of benzene rings is 2. The maximum Gasteiger partial charge on any atom is 0.416 e. The number of nitrogens with one attached hydrogen (secondary N) is 1. The summed E-state index contributed by atoms with van der Waals surface area (Å²) in [5.74, 6) is -0.432. The van der Waals surface area contributed by atoms with Crippen LogP contribution in [-0.2, 0) is 31.8 Å². The average Bonchev–Trinajstić information content (AvgIpc) is 3.38. The van der Waals surface area contributed by atoms with Gasteiger partial charge < -0.3 is 14.2 Å². The van der Waals surface area contributed by atoms with E-state index in [9.17, 15) is 26.4 Å². The highest BCUT2D eigenvalue weighted by molar-refractivity contribution is 7.92. The molecule has 0 radical (unpaired) electrons. The molecule has 1 heterocycles. The smallest absolute Gasteiger partial charge is 0.413 e. The van der Waals surface area contributed by atoms with Crippen molar-refractivity contribution in [3.05, 3.63) is 65.2 Å². The number of nitrogens with zero attached hydrogens (tertiary/aromatic N) is 2. The number of alkyl halides is 3. The fourth-order valence-electron chi connectivity index (χ4n) is 5.00. The second-order valence-electron chi connectivity index (χ2n) is 13.1. The summed E-state index contributed by atoms with van der Waals surface area (Å²) in [4.78, 5) is 17.2. The molecule has 1 aliphatic heterocycles. The first-order valence-corrected chi connectivity index (χ1v) is 19.3. The summed E-state index contributed by atoms with van der Waals surface area (Å²) in [7, 11) is -4.20. The van der Waals surface area contributed by atoms with Crippen LogP contribution < -0.4 is 4.72 Å². The normalized spacial score (nSPS) is 16.6. The van der Waals surface area contributed by atoms with Gasteiger partial charge in [0.25, 0.3) is 0 Å². The molecule has 0 saturated carbocycles. The summed E-state index contributed by atoms with van der Waals surface area (Å²) in [5, 5.41) is -0.0485. The quantitative estimate of drug-likeness (QED) is 0.261. The largest absolute Gasteiger partial charge is 0.416 e. The van der Waals surface area contributed by atoms with Gasteiger partial charge in [-0.15, -0.1) is 0 Å². The highest BCUT2D eigenvalue weighted by Crippen LogP contribution is 2.37. The lowest BCUT2D eigenvalue weighted by Gasteiger charge is -2.38. The predicted molar refractivity (Wildman–Crippen MR) is 168 cm³/mol. The molecule has 1 amide bonds. The monoisotopic (exact) mass is 641 g/mol. The van der Waals surface area contributed by atoms with Gasteiger partial charge in [-0.25, -0.2) is 8.42 Å². The Labute approximate surface area is 256 Å². The van der Waals surface area contributed by atoms with Crippen molar-refractivity contribution in [2.75, 3.05) is 37.2 Å². The van der Waals surface area contributed by atoms with Gasteiger partial charge in [-0.3, -0.25) is 9.52 Å². The van der Waals surface area contributed by atoms with Crippen LogP contribution in [0, 0.1) is 0 Å². The molecule has 2 aromatic carbocycles. The fourth-order valence-corrected chi connectivity index (χ4v) is 7.82. The van der Waals surface area contributed by atoms with E-state index in [0.717, 1.165) is 43.6 Å². The van der Waals surface area contributed by atoms with Crippen molar-refractivity contribution in [3.63, 3.8) is 0 Å². The molecule has 1 N–H and O–H groups in total. The van der Waals surface area contributed by atoms with Gasteiger partial charge in [-0.2, -0.15) is 13.2 Å². The van der Waals surface area contributed by atoms with E-state index in [1.165, 1.54) is 12.1 Å². The Hall–Kier alpha value is -2.41. The molecule has 0 aromatic heterocycles. The van der Waals surface area contributed by atoms with Gasteiger partial charge in [0, 0.05) is 19.3 Å². The average molecular weight is 642 g/mol. The summed E-state index contributed by atoms with van der Waals surface area (Å²) >= 11 is 0. The first kappa shape index (κ1) is 35.1. The molecule has 0 bridgehead atoms. The van der Waals surface area contributed by atoms with Crippen molar-refractivity contribution in [2.24, 2.45) is 0 Å². The Bertz CT molecular complexity index is 1340. The maximum atomic E-state index is 13.4. The second kappa shape index (κ2) is 13.7. The third-order valence-corrected chi connectivity index (χ3v) is 14.5. The van der Waals surface area contributed by atoms with Crippen LogP contribution in [-0.4, -0.2) is 71.0 Å². The van der Waals surface area contributed by atoms with Gasteiger partial charge >= 0.3 is 6.18 Å². The molecular weight excluding hydrogens is 596 g/mol. The molecule has 2 atom stereocenters. The topological polar surface area (TPSA) is 79.0 Å². The van der Waals surface area contributed by atoms with Gasteiger partial charge in [0.15, 0.2) is 8.32 Å². The molecule has 7 nitrogen and oxygen atoms in total. The number of rotatable bonds is 12. The second-order valence-corrected chi connectivity index (χ2v) is 19.6. The van der Waals surface area contributed by atoms with Crippen LogP contribution in [0.25, 0.3) is 0 Å². The van der Waals surface area contributed by atoms with Gasteiger partial charge in [0.1, 0.15) is 0 Å². The first-order chi connectivity index (χ1) is 19.8. The minimum Gasteiger partial charge on any atom is -0.413 e. The lowest BCUT2D eigenvalue weighted by atomic mass is 10.0. The molecular formula is C31H46F3N3O4SSi. The molecule has 1 aliphatic rings. The van der Waals surface area contributed by atoms with Crippen molar-refractivity contribution < 1.29 is 30.8 Å². The fraction of sp³-hybridized carbons (Fsp3) is 0.581. The van der Waals surface area contributed by atoms with Gasteiger partial charge in [-0.1, -0.05) is 45.0 Å². The molecule has 1 fully saturated rings. The summed E-state index contributed by atoms with van der Waals surface area (Å²) in [5.41, 5.74) is 0.887. The standard InChI is InChI=1S/C31H46F3N3O4SSi/c1-23(41-43(6,7)30(2,3)4)22-42(39,40)35-27-12-10-11-25(20-27)28(21-37-17-8-9-18-37)36(5)29(38)19-24-13-15-26(16-14-24)31(32,33)34/h10-16,20,23,28,35H,8-9,17-19,21-22H2,1-7H3. The lowest BCUT2D eigenvalue weighted by Crippen LogP contribution is -2.45. The van der Waals surface area contributed by atoms with Crippen LogP contribution in [0.3, 0.4) is 0 Å². The first-order valence-electron chi connectivity index (χ1n) is 14.7. The number of carbonyl (C=O) groups is 1. The molecule has 0 aliphatic carbocycles. The Morgan fingerprint density at radius 2 is 1.67 bits per heavy atom. The van der Waals surface area contributed by atoms with E-state index >= 15 is 0 Å². The van der Waals surface area contributed by atoms with E-state index < -0.39 is 36.2 Å². The Morgan fingerprint density at radius 1 is 1.07 bits per heavy atom. The van der Waals surface area contributed by atoms with Crippen LogP contribution in [0.1, 0.15) is 63.3 Å². The van der Waals surface area contributed by atoms with Crippen LogP contribution in [0.5, 0.6) is 0 Å². The summed E-state index contributed by atoms with van der Waals surface area (Å²) in [6, 6.07) is 11.3. The lowest BCUT2D eigenvalue weighted by molar-refractivity contribution is -0.137. The van der Waals surface area contributed by atoms with Gasteiger partial charge in [0.05, 0.1) is 29.9 Å². The summed E-state index contributed by atoms with van der Waals surface area (Å²) < 4.78 is 74.1. The number of sulfonamides is 1. The Balaban J connectivity index is 1.77. The molecule has 2 unspecified atom stereocenters. The third kappa shape index (κ3) is 10.1. The molecule has 3 rings (SSSR count). The zero-order valence-electron chi connectivity index (χ0n) is 26.3. The number of likely N-dealkylation sites (tertiary alicyclic amines) is 1. The van der Waals surface area contributed by atoms with E-state index in [0.29, 0.717) is 17.8 Å². The number of amides is 1. The van der Waals surface area contributed by atoms with Crippen LogP contribution >= 0.6 is 0 Å². The van der Waals surface area contributed by atoms with E-state index in [-0.39, 0.29) is 29.2 Å². The molecule has 240 valence electrons. The highest BCUT2D eigenvalue weighted by atomic mass is 32.2. The molecule has 43 heavy (non-hydrogen) atoms. The van der Waals surface area contributed by atoms with Crippen LogP contribution in [0.15, 0.2) is 48.5 Å². The van der Waals surface area contributed by atoms with Crippen molar-refractivity contribution in [1.82, 2.24) is 9.80 Å². The predicted octanol–water partition coefficient (Wildman–Crippen LogP) is 6.70. The van der Waals surface area contributed by atoms with Crippen LogP contribution in [0.4, 0.5) is 18.9 Å². The Kier molecular flexibility index (Phi) is 11.2. The third-order valence-electron chi connectivity index (χ3n) is 8.43. The minimum absolute atomic E-state index is 0.0485. The molecule has 1 saturated heterocycles. The summed E-state index contributed by atoms with van der Waals surface area (Å²) in [6.45, 7) is 14.6. The SMILES string of the molecule is CC(CS(=O)(=O)Nc1cccc(C(CN2CCCC2)N(C)C(=O)Cc2ccc(C(F)(F)F)cc2)c1)O[Si](C)(C)C(C)(C)C. The highest BCUT2D eigenvalue weighted by Gasteiger charge is 2.39. The number of hydrogen-bond acceptors (Lipinski definition) is 5. The van der Waals surface area contributed by atoms with Crippen molar-refractivity contribution in [2.45, 2.75) is 83.4 Å². The van der Waals surface area contributed by atoms with E-state index in [2.05, 4.69) is 43.5 Å². The van der Waals surface area contributed by atoms with Crippen molar-refractivity contribution in [1.29, 1.82) is 0 Å². The zero-order valence-corrected chi connectivity index (χ0v) is 28.1. The van der Waals surface area contributed by atoms with Gasteiger partial charge in [0.2, 0.25) is 15.9 Å². The zero-order chi connectivity index (χ0) is 32.2. The van der Waals surface area contributed by atoms with Crippen LogP contribution in [0.2, 0.25) is 18.1 Å². The van der Waals surface area contributed by atoms with E-state index in [1.54, 1.807) is 37.1 Å². The number of anilines is 1. The summed E-state index contributed by atoms with van der Waals surface area (Å²) in [6.07, 6.45) is -2.86. The number of halogens is 3. The van der Waals surface area contributed by atoms with Crippen molar-refractivity contribution in [3.8, 4) is 0 Å². The van der Waals surface area contributed by atoms with E-state index in [4.69, 9.17) is 4.43 Å².